The molecule has 5 aromatic rings. The van der Waals surface area contributed by atoms with Crippen LogP contribution in [0.5, 0.6) is 11.5 Å². The predicted molar refractivity (Wildman–Crippen MR) is 169 cm³/mol. The van der Waals surface area contributed by atoms with Crippen molar-refractivity contribution in [2.24, 2.45) is 0 Å². The Kier molecular flexibility index (Phi) is 10.4. The maximum absolute atomic E-state index is 11.7. The van der Waals surface area contributed by atoms with Gasteiger partial charge in [0.15, 0.2) is 0 Å². The third-order valence-corrected chi connectivity index (χ3v) is 7.42. The van der Waals surface area contributed by atoms with E-state index in [0.717, 1.165) is 29.7 Å². The van der Waals surface area contributed by atoms with Gasteiger partial charge >= 0.3 is 0 Å². The Morgan fingerprint density at radius 2 is 1.00 bits per heavy atom. The van der Waals surface area contributed by atoms with Crippen molar-refractivity contribution < 1.29 is 14.6 Å². The lowest BCUT2D eigenvalue weighted by Crippen LogP contribution is -2.37. The summed E-state index contributed by atoms with van der Waals surface area (Å²) in [7, 11) is 0. The molecule has 5 rings (SSSR count). The summed E-state index contributed by atoms with van der Waals surface area (Å²) in [6.07, 6.45) is 0.165. The topological polar surface area (TPSA) is 41.9 Å². The highest BCUT2D eigenvalue weighted by atomic mass is 16.5. The molecule has 0 fully saturated rings. The normalized spacial score (nSPS) is 12.5. The third-order valence-electron chi connectivity index (χ3n) is 7.42. The SMILES string of the molecule is C[C@H](Cc1ccccc1)N(Cc1ccccc1)C[C@H](O)c1cc(OCc2ccccc2)cc(OCc2ccccc2)c1. The standard InChI is InChI=1S/C38H39NO3/c1-30(22-31-14-6-2-7-15-31)39(26-32-16-8-3-9-17-32)27-38(40)35-23-36(41-28-33-18-10-4-11-19-33)25-37(24-35)42-29-34-20-12-5-13-21-34/h2-21,23-25,30,38,40H,22,26-29H2,1H3/t30-,38+/m1/s1. The molecule has 0 heterocycles. The van der Waals surface area contributed by atoms with Gasteiger partial charge in [-0.15, -0.1) is 0 Å². The van der Waals surface area contributed by atoms with Crippen LogP contribution in [0.1, 0.15) is 40.8 Å². The summed E-state index contributed by atoms with van der Waals surface area (Å²) in [6, 6.07) is 47.2. The highest BCUT2D eigenvalue weighted by Crippen LogP contribution is 2.29. The quantitative estimate of drug-likeness (QED) is 0.150. The Hall–Kier alpha value is -4.38. The average molecular weight is 558 g/mol. The van der Waals surface area contributed by atoms with Crippen molar-refractivity contribution in [3.05, 3.63) is 167 Å². The van der Waals surface area contributed by atoms with Crippen LogP contribution in [-0.2, 0) is 26.2 Å². The van der Waals surface area contributed by atoms with Gasteiger partial charge in [0.1, 0.15) is 24.7 Å². The van der Waals surface area contributed by atoms with E-state index in [-0.39, 0.29) is 6.04 Å². The summed E-state index contributed by atoms with van der Waals surface area (Å²) in [4.78, 5) is 2.36. The number of rotatable bonds is 14. The summed E-state index contributed by atoms with van der Waals surface area (Å²) < 4.78 is 12.4. The van der Waals surface area contributed by atoms with Gasteiger partial charge in [-0.3, -0.25) is 4.90 Å². The van der Waals surface area contributed by atoms with Crippen LogP contribution < -0.4 is 9.47 Å². The van der Waals surface area contributed by atoms with Crippen LogP contribution in [0.25, 0.3) is 0 Å². The first-order chi connectivity index (χ1) is 20.6. The molecule has 2 atom stereocenters. The second-order valence-corrected chi connectivity index (χ2v) is 10.8. The number of nitrogens with zero attached hydrogens (tertiary/aromatic N) is 1. The van der Waals surface area contributed by atoms with Crippen LogP contribution >= 0.6 is 0 Å². The highest BCUT2D eigenvalue weighted by molar-refractivity contribution is 5.40. The van der Waals surface area contributed by atoms with Gasteiger partial charge in [-0.2, -0.15) is 0 Å². The van der Waals surface area contributed by atoms with Crippen molar-refractivity contribution >= 4 is 0 Å². The summed E-state index contributed by atoms with van der Waals surface area (Å²) in [6.45, 7) is 4.33. The average Bonchev–Trinajstić information content (AvgIpc) is 3.04. The third kappa shape index (κ3) is 8.81. The van der Waals surface area contributed by atoms with Gasteiger partial charge in [-0.1, -0.05) is 121 Å². The summed E-state index contributed by atoms with van der Waals surface area (Å²) in [5.41, 5.74) is 5.44. The van der Waals surface area contributed by atoms with E-state index in [4.69, 9.17) is 9.47 Å². The molecule has 1 N–H and O–H groups in total. The van der Waals surface area contributed by atoms with Gasteiger partial charge in [0, 0.05) is 25.2 Å². The maximum Gasteiger partial charge on any atom is 0.123 e. The zero-order valence-electron chi connectivity index (χ0n) is 24.2. The van der Waals surface area contributed by atoms with Gasteiger partial charge in [0.05, 0.1) is 6.10 Å². The lowest BCUT2D eigenvalue weighted by Gasteiger charge is -2.31. The predicted octanol–water partition coefficient (Wildman–Crippen LogP) is 8.01. The lowest BCUT2D eigenvalue weighted by molar-refractivity contribution is 0.0854. The molecule has 0 saturated carbocycles. The molecule has 4 nitrogen and oxygen atoms in total. The van der Waals surface area contributed by atoms with E-state index in [1.165, 1.54) is 11.1 Å². The molecule has 0 unspecified atom stereocenters. The molecule has 214 valence electrons. The molecule has 0 saturated heterocycles. The minimum Gasteiger partial charge on any atom is -0.489 e. The van der Waals surface area contributed by atoms with E-state index in [2.05, 4.69) is 60.4 Å². The van der Waals surface area contributed by atoms with Gasteiger partial charge in [-0.25, -0.2) is 0 Å². The fourth-order valence-corrected chi connectivity index (χ4v) is 5.06. The van der Waals surface area contributed by atoms with Crippen LogP contribution in [0.2, 0.25) is 0 Å². The molecule has 0 aliphatic carbocycles. The fraction of sp³-hybridized carbons (Fsp3) is 0.211. The van der Waals surface area contributed by atoms with Crippen LogP contribution in [-0.4, -0.2) is 22.6 Å². The van der Waals surface area contributed by atoms with Crippen molar-refractivity contribution in [3.63, 3.8) is 0 Å². The van der Waals surface area contributed by atoms with E-state index in [1.807, 2.05) is 91.0 Å². The molecule has 0 radical (unpaired) electrons. The maximum atomic E-state index is 11.7. The van der Waals surface area contributed by atoms with Gasteiger partial charge in [0.2, 0.25) is 0 Å². The zero-order valence-corrected chi connectivity index (χ0v) is 24.2. The van der Waals surface area contributed by atoms with Gasteiger partial charge in [-0.05, 0) is 53.3 Å². The Labute approximate surface area is 249 Å². The molecule has 0 aromatic heterocycles. The zero-order chi connectivity index (χ0) is 29.0. The van der Waals surface area contributed by atoms with Gasteiger partial charge < -0.3 is 14.6 Å². The molecule has 0 aliphatic rings. The van der Waals surface area contributed by atoms with Crippen LogP contribution in [0.4, 0.5) is 0 Å². The molecule has 0 aliphatic heterocycles. The minimum absolute atomic E-state index is 0.216. The molecule has 0 bridgehead atoms. The fourth-order valence-electron chi connectivity index (χ4n) is 5.06. The van der Waals surface area contributed by atoms with Crippen molar-refractivity contribution in [2.75, 3.05) is 6.54 Å². The van der Waals surface area contributed by atoms with Crippen molar-refractivity contribution in [3.8, 4) is 11.5 Å². The monoisotopic (exact) mass is 557 g/mol. The summed E-state index contributed by atoms with van der Waals surface area (Å²) >= 11 is 0. The second-order valence-electron chi connectivity index (χ2n) is 10.8. The van der Waals surface area contributed by atoms with E-state index in [0.29, 0.717) is 31.3 Å². The van der Waals surface area contributed by atoms with Gasteiger partial charge in [0.25, 0.3) is 0 Å². The van der Waals surface area contributed by atoms with Crippen molar-refractivity contribution in [1.82, 2.24) is 4.90 Å². The smallest absolute Gasteiger partial charge is 0.123 e. The van der Waals surface area contributed by atoms with Crippen LogP contribution in [0.3, 0.4) is 0 Å². The van der Waals surface area contributed by atoms with Crippen LogP contribution in [0, 0.1) is 0 Å². The number of ether oxygens (including phenoxy) is 2. The highest BCUT2D eigenvalue weighted by Gasteiger charge is 2.21. The molecule has 0 spiro atoms. The molecule has 0 amide bonds. The summed E-state index contributed by atoms with van der Waals surface area (Å²) in [5, 5.41) is 11.7. The van der Waals surface area contributed by atoms with Crippen molar-refractivity contribution in [1.29, 1.82) is 0 Å². The number of benzene rings is 5. The molecular formula is C38H39NO3. The molecular weight excluding hydrogens is 518 g/mol. The van der Waals surface area contributed by atoms with E-state index in [9.17, 15) is 5.11 Å². The van der Waals surface area contributed by atoms with Crippen LogP contribution in [0.15, 0.2) is 140 Å². The summed E-state index contributed by atoms with van der Waals surface area (Å²) in [5.74, 6) is 1.34. The van der Waals surface area contributed by atoms with E-state index in [1.54, 1.807) is 0 Å². The molecule has 4 heteroatoms. The Balaban J connectivity index is 1.36. The second kappa shape index (κ2) is 15.0. The van der Waals surface area contributed by atoms with E-state index >= 15 is 0 Å². The number of aliphatic hydroxyl groups is 1. The number of hydrogen-bond acceptors (Lipinski definition) is 4. The first-order valence-corrected chi connectivity index (χ1v) is 14.6. The van der Waals surface area contributed by atoms with Crippen molar-refractivity contribution in [2.45, 2.75) is 45.2 Å². The Morgan fingerprint density at radius 1 is 0.571 bits per heavy atom. The first-order valence-electron chi connectivity index (χ1n) is 14.6. The largest absolute Gasteiger partial charge is 0.489 e. The Bertz CT molecular complexity index is 1420. The molecule has 5 aromatic carbocycles. The number of aliphatic hydroxyl groups excluding tert-OH is 1. The number of hydrogen-bond donors (Lipinski definition) is 1. The van der Waals surface area contributed by atoms with E-state index < -0.39 is 6.10 Å². The molecule has 42 heavy (non-hydrogen) atoms. The Morgan fingerprint density at radius 3 is 1.48 bits per heavy atom. The lowest BCUT2D eigenvalue weighted by atomic mass is 10.0. The minimum atomic E-state index is -0.730. The first kappa shape index (κ1) is 29.1.